The van der Waals surface area contributed by atoms with E-state index in [0.717, 1.165) is 27.2 Å². The van der Waals surface area contributed by atoms with Crippen LogP contribution in [0.4, 0.5) is 0 Å². The summed E-state index contributed by atoms with van der Waals surface area (Å²) in [5.41, 5.74) is 1.15. The first-order valence-corrected chi connectivity index (χ1v) is 7.40. The Hall–Kier alpha value is -1.01. The van der Waals surface area contributed by atoms with Crippen LogP contribution in [0.5, 0.6) is 5.75 Å². The lowest BCUT2D eigenvalue weighted by atomic mass is 10.2. The van der Waals surface area contributed by atoms with E-state index >= 15 is 0 Å². The third kappa shape index (κ3) is 4.54. The lowest BCUT2D eigenvalue weighted by molar-refractivity contribution is 0.268. The average molecular weight is 371 g/mol. The molecule has 0 atom stereocenters. The normalized spacial score (nSPS) is 10.9. The van der Waals surface area contributed by atoms with E-state index in [1.54, 1.807) is 6.26 Å². The summed E-state index contributed by atoms with van der Waals surface area (Å²) in [6.45, 7) is 5.52. The van der Waals surface area contributed by atoms with Gasteiger partial charge in [0.25, 0.3) is 0 Å². The molecule has 1 aromatic carbocycles. The summed E-state index contributed by atoms with van der Waals surface area (Å²) in [6, 6.07) is 10.4. The van der Waals surface area contributed by atoms with Crippen LogP contribution in [0.1, 0.15) is 25.2 Å². The second-order valence-corrected chi connectivity index (χ2v) is 5.90. The topological polar surface area (TPSA) is 34.4 Å². The van der Waals surface area contributed by atoms with Gasteiger partial charge in [-0.1, -0.05) is 19.9 Å². The molecule has 1 aromatic heterocycles. The number of benzene rings is 1. The van der Waals surface area contributed by atoms with Gasteiger partial charge in [-0.3, -0.25) is 0 Å². The molecule has 2 rings (SSSR count). The first-order valence-electron chi connectivity index (χ1n) is 6.32. The third-order valence-electron chi connectivity index (χ3n) is 2.70. The Kier molecular flexibility index (Phi) is 5.27. The summed E-state index contributed by atoms with van der Waals surface area (Å²) in [7, 11) is 0. The summed E-state index contributed by atoms with van der Waals surface area (Å²) in [5, 5.41) is 3.38. The Balaban J connectivity index is 1.94. The van der Waals surface area contributed by atoms with Gasteiger partial charge >= 0.3 is 0 Å². The summed E-state index contributed by atoms with van der Waals surface area (Å²) in [4.78, 5) is 0. The molecule has 0 fully saturated rings. The quantitative estimate of drug-likeness (QED) is 0.781. The lowest BCUT2D eigenvalue weighted by Gasteiger charge is -2.09. The molecule has 0 unspecified atom stereocenters. The molecular weight excluding hydrogens is 353 g/mol. The highest BCUT2D eigenvalue weighted by Crippen LogP contribution is 2.18. The van der Waals surface area contributed by atoms with Gasteiger partial charge in [-0.25, -0.2) is 0 Å². The number of hydrogen-bond donors (Lipinski definition) is 1. The molecule has 0 radical (unpaired) electrons. The molecule has 0 aliphatic rings. The van der Waals surface area contributed by atoms with Crippen LogP contribution in [-0.4, -0.2) is 6.04 Å². The van der Waals surface area contributed by atoms with Crippen molar-refractivity contribution < 1.29 is 9.15 Å². The molecule has 19 heavy (non-hydrogen) atoms. The van der Waals surface area contributed by atoms with Crippen molar-refractivity contribution >= 4 is 22.6 Å². The van der Waals surface area contributed by atoms with Crippen LogP contribution in [0.2, 0.25) is 0 Å². The second kappa shape index (κ2) is 6.96. The summed E-state index contributed by atoms with van der Waals surface area (Å²) < 4.78 is 12.4. The van der Waals surface area contributed by atoms with Gasteiger partial charge in [-0.2, -0.15) is 0 Å². The number of ether oxygens (including phenoxy) is 1. The van der Waals surface area contributed by atoms with Gasteiger partial charge in [0.05, 0.1) is 6.26 Å². The minimum atomic E-state index is 0.458. The largest absolute Gasteiger partial charge is 0.486 e. The Labute approximate surface area is 127 Å². The lowest BCUT2D eigenvalue weighted by Crippen LogP contribution is -2.22. The summed E-state index contributed by atoms with van der Waals surface area (Å²) >= 11 is 2.27. The van der Waals surface area contributed by atoms with Crippen LogP contribution >= 0.6 is 22.6 Å². The van der Waals surface area contributed by atoms with Crippen molar-refractivity contribution in [1.29, 1.82) is 0 Å². The van der Waals surface area contributed by atoms with Crippen molar-refractivity contribution in [3.8, 4) is 5.75 Å². The van der Waals surface area contributed by atoms with Gasteiger partial charge in [-0.15, -0.1) is 0 Å². The van der Waals surface area contributed by atoms with E-state index in [9.17, 15) is 0 Å². The predicted molar refractivity (Wildman–Crippen MR) is 84.2 cm³/mol. The molecular formula is C15H18INO2. The van der Waals surface area contributed by atoms with Crippen LogP contribution in [0.3, 0.4) is 0 Å². The molecule has 1 heterocycles. The minimum absolute atomic E-state index is 0.458. The van der Waals surface area contributed by atoms with Gasteiger partial charge in [0.2, 0.25) is 0 Å². The number of halogens is 1. The van der Waals surface area contributed by atoms with Gasteiger partial charge in [0.1, 0.15) is 18.1 Å². The average Bonchev–Trinajstić information content (AvgIpc) is 2.81. The zero-order valence-electron chi connectivity index (χ0n) is 11.2. The molecule has 4 heteroatoms. The fourth-order valence-corrected chi connectivity index (χ4v) is 2.19. The molecule has 1 N–H and O–H groups in total. The number of furan rings is 1. The Morgan fingerprint density at radius 2 is 2.16 bits per heavy atom. The molecule has 0 aliphatic carbocycles. The maximum atomic E-state index is 5.75. The van der Waals surface area contributed by atoms with E-state index in [4.69, 9.17) is 9.15 Å². The van der Waals surface area contributed by atoms with Crippen molar-refractivity contribution in [2.45, 2.75) is 33.0 Å². The van der Waals surface area contributed by atoms with E-state index in [-0.39, 0.29) is 0 Å². The first kappa shape index (κ1) is 14.4. The standard InChI is InChI=1S/C15H18INO2/c1-11(2)17-9-12-6-7-18-15(12)10-19-14-5-3-4-13(16)8-14/h3-8,11,17H,9-10H2,1-2H3. The van der Waals surface area contributed by atoms with Crippen LogP contribution in [-0.2, 0) is 13.2 Å². The fourth-order valence-electron chi connectivity index (χ4n) is 1.67. The van der Waals surface area contributed by atoms with E-state index in [1.165, 1.54) is 0 Å². The van der Waals surface area contributed by atoms with E-state index < -0.39 is 0 Å². The second-order valence-electron chi connectivity index (χ2n) is 4.65. The highest BCUT2D eigenvalue weighted by Gasteiger charge is 2.07. The molecule has 0 saturated carbocycles. The molecule has 102 valence electrons. The van der Waals surface area contributed by atoms with Crippen molar-refractivity contribution in [2.24, 2.45) is 0 Å². The Morgan fingerprint density at radius 3 is 2.89 bits per heavy atom. The highest BCUT2D eigenvalue weighted by atomic mass is 127. The summed E-state index contributed by atoms with van der Waals surface area (Å²) in [5.74, 6) is 1.75. The molecule has 3 nitrogen and oxygen atoms in total. The molecule has 0 amide bonds. The zero-order valence-corrected chi connectivity index (χ0v) is 13.3. The zero-order chi connectivity index (χ0) is 13.7. The number of nitrogens with one attached hydrogen (secondary N) is 1. The van der Waals surface area contributed by atoms with Crippen molar-refractivity contribution in [3.63, 3.8) is 0 Å². The van der Waals surface area contributed by atoms with Gasteiger partial charge in [0.15, 0.2) is 0 Å². The van der Waals surface area contributed by atoms with Crippen LogP contribution in [0.15, 0.2) is 41.0 Å². The van der Waals surface area contributed by atoms with Crippen LogP contribution in [0.25, 0.3) is 0 Å². The van der Waals surface area contributed by atoms with Crippen LogP contribution in [0, 0.1) is 3.57 Å². The maximum absolute atomic E-state index is 5.75. The van der Waals surface area contributed by atoms with Crippen molar-refractivity contribution in [2.75, 3.05) is 0 Å². The van der Waals surface area contributed by atoms with Gasteiger partial charge < -0.3 is 14.5 Å². The summed E-state index contributed by atoms with van der Waals surface area (Å²) in [6.07, 6.45) is 1.71. The third-order valence-corrected chi connectivity index (χ3v) is 3.38. The fraction of sp³-hybridized carbons (Fsp3) is 0.333. The van der Waals surface area contributed by atoms with Gasteiger partial charge in [-0.05, 0) is 46.9 Å². The monoisotopic (exact) mass is 371 g/mol. The SMILES string of the molecule is CC(C)NCc1ccoc1COc1cccc(I)c1. The number of hydrogen-bond acceptors (Lipinski definition) is 3. The predicted octanol–water partition coefficient (Wildman–Crippen LogP) is 3.96. The highest BCUT2D eigenvalue weighted by molar-refractivity contribution is 14.1. The van der Waals surface area contributed by atoms with E-state index in [2.05, 4.69) is 41.8 Å². The Bertz CT molecular complexity index is 522. The van der Waals surface area contributed by atoms with Gasteiger partial charge in [0, 0.05) is 21.7 Å². The van der Waals surface area contributed by atoms with E-state index in [0.29, 0.717) is 12.6 Å². The maximum Gasteiger partial charge on any atom is 0.146 e. The molecule has 0 bridgehead atoms. The minimum Gasteiger partial charge on any atom is -0.486 e. The molecule has 2 aromatic rings. The molecule has 0 saturated heterocycles. The Morgan fingerprint density at radius 1 is 1.32 bits per heavy atom. The molecule has 0 aliphatic heterocycles. The van der Waals surface area contributed by atoms with E-state index in [1.807, 2.05) is 30.3 Å². The number of rotatable bonds is 6. The van der Waals surface area contributed by atoms with Crippen LogP contribution < -0.4 is 10.1 Å². The molecule has 0 spiro atoms. The van der Waals surface area contributed by atoms with Crippen molar-refractivity contribution in [3.05, 3.63) is 51.5 Å². The first-order chi connectivity index (χ1) is 9.15. The van der Waals surface area contributed by atoms with Crippen molar-refractivity contribution in [1.82, 2.24) is 5.32 Å². The smallest absolute Gasteiger partial charge is 0.146 e.